The predicted molar refractivity (Wildman–Crippen MR) is 79.8 cm³/mol. The molecule has 0 bridgehead atoms. The fourth-order valence-electron chi connectivity index (χ4n) is 2.57. The summed E-state index contributed by atoms with van der Waals surface area (Å²) in [5.74, 6) is 0.00693. The first-order valence-corrected chi connectivity index (χ1v) is 6.92. The molecule has 0 fully saturated rings. The van der Waals surface area contributed by atoms with Crippen molar-refractivity contribution in [2.75, 3.05) is 0 Å². The van der Waals surface area contributed by atoms with Crippen LogP contribution >= 0.6 is 0 Å². The molecule has 0 amide bonds. The number of ether oxygens (including phenoxy) is 1. The minimum Gasteiger partial charge on any atom is -0.454 e. The summed E-state index contributed by atoms with van der Waals surface area (Å²) in [4.78, 5) is 10.5. The van der Waals surface area contributed by atoms with Crippen molar-refractivity contribution in [2.45, 2.75) is 20.0 Å². The van der Waals surface area contributed by atoms with Gasteiger partial charge < -0.3 is 19.2 Å². The van der Waals surface area contributed by atoms with Crippen LogP contribution in [0.1, 0.15) is 16.7 Å². The maximum atomic E-state index is 14.0. The molecule has 1 N–H and O–H groups in total. The van der Waals surface area contributed by atoms with E-state index in [-0.39, 0.29) is 12.2 Å². The molecule has 4 nitrogen and oxygen atoms in total. The van der Waals surface area contributed by atoms with Gasteiger partial charge in [-0.2, -0.15) is 0 Å². The molecule has 6 heteroatoms. The molecule has 2 aromatic carbocycles. The van der Waals surface area contributed by atoms with Crippen molar-refractivity contribution in [3.05, 3.63) is 52.8 Å². The first kappa shape index (κ1) is 14.7. The molecule has 0 saturated carbocycles. The third kappa shape index (κ3) is 2.63. The van der Waals surface area contributed by atoms with E-state index in [1.165, 1.54) is 12.1 Å². The van der Waals surface area contributed by atoms with Crippen LogP contribution in [-0.2, 0) is 22.5 Å². The van der Waals surface area contributed by atoms with Crippen molar-refractivity contribution in [3.8, 4) is 11.5 Å². The van der Waals surface area contributed by atoms with Gasteiger partial charge in [-0.1, -0.05) is 12.1 Å². The van der Waals surface area contributed by atoms with E-state index in [4.69, 9.17) is 9.39 Å². The largest absolute Gasteiger partial charge is 0.492 e. The van der Waals surface area contributed by atoms with Crippen molar-refractivity contribution in [1.82, 2.24) is 0 Å². The molecule has 0 aromatic heterocycles. The lowest BCUT2D eigenvalue weighted by Gasteiger charge is -2.13. The van der Waals surface area contributed by atoms with Gasteiger partial charge in [0.15, 0.2) is 11.6 Å². The molecule has 0 unspecified atom stereocenters. The van der Waals surface area contributed by atoms with E-state index in [2.05, 4.69) is 0 Å². The van der Waals surface area contributed by atoms with E-state index in [9.17, 15) is 14.2 Å². The Labute approximate surface area is 127 Å². The molecule has 0 radical (unpaired) electrons. The van der Waals surface area contributed by atoms with E-state index < -0.39 is 12.9 Å². The smallest absolute Gasteiger partial charge is 0.454 e. The van der Waals surface area contributed by atoms with E-state index in [0.717, 1.165) is 17.4 Å². The summed E-state index contributed by atoms with van der Waals surface area (Å²) in [5.41, 5.74) is 2.89. The molecule has 22 heavy (non-hydrogen) atoms. The van der Waals surface area contributed by atoms with E-state index in [1.54, 1.807) is 25.1 Å². The van der Waals surface area contributed by atoms with Gasteiger partial charge in [0, 0.05) is 6.42 Å². The van der Waals surface area contributed by atoms with Gasteiger partial charge in [-0.3, -0.25) is 0 Å². The van der Waals surface area contributed by atoms with Crippen LogP contribution in [0.25, 0.3) is 0 Å². The summed E-state index contributed by atoms with van der Waals surface area (Å²) >= 11 is 0. The van der Waals surface area contributed by atoms with Crippen molar-refractivity contribution in [2.24, 2.45) is 0 Å². The first-order valence-electron chi connectivity index (χ1n) is 6.92. The number of hydrogen-bond donors (Lipinski definition) is 1. The molecular weight excluding hydrogens is 286 g/mol. The Balaban J connectivity index is 1.91. The fourth-order valence-corrected chi connectivity index (χ4v) is 2.57. The molecule has 2 aromatic rings. The van der Waals surface area contributed by atoms with Gasteiger partial charge in [-0.15, -0.1) is 0 Å². The van der Waals surface area contributed by atoms with Crippen LogP contribution in [-0.4, -0.2) is 18.4 Å². The molecule has 0 spiro atoms. The Kier molecular flexibility index (Phi) is 3.96. The molecule has 112 valence electrons. The van der Waals surface area contributed by atoms with E-state index >= 15 is 0 Å². The Morgan fingerprint density at radius 2 is 2.14 bits per heavy atom. The van der Waals surface area contributed by atoms with E-state index in [1.807, 2.05) is 0 Å². The second kappa shape index (κ2) is 5.91. The Morgan fingerprint density at radius 1 is 1.36 bits per heavy atom. The average Bonchev–Trinajstić information content (AvgIpc) is 2.87. The van der Waals surface area contributed by atoms with Crippen molar-refractivity contribution in [3.63, 3.8) is 0 Å². The van der Waals surface area contributed by atoms with Crippen molar-refractivity contribution < 1.29 is 23.6 Å². The lowest BCUT2D eigenvalue weighted by molar-refractivity contribution is -0.107. The summed E-state index contributed by atoms with van der Waals surface area (Å²) in [6.45, 7) is 2.15. The first-order chi connectivity index (χ1) is 10.6. The molecule has 0 aliphatic carbocycles. The third-order valence-electron chi connectivity index (χ3n) is 3.73. The molecular formula is C16H14BFO4. The highest BCUT2D eigenvalue weighted by Gasteiger charge is 2.30. The number of carbonyl (C=O) groups is 1. The van der Waals surface area contributed by atoms with Gasteiger partial charge in [0.2, 0.25) is 0 Å². The molecule has 1 heterocycles. The van der Waals surface area contributed by atoms with Gasteiger partial charge >= 0.3 is 7.12 Å². The average molecular weight is 300 g/mol. The van der Waals surface area contributed by atoms with Crippen LogP contribution in [0.3, 0.4) is 0 Å². The zero-order valence-electron chi connectivity index (χ0n) is 12.0. The van der Waals surface area contributed by atoms with Crippen molar-refractivity contribution >= 4 is 18.9 Å². The van der Waals surface area contributed by atoms with Crippen LogP contribution in [0, 0.1) is 12.7 Å². The van der Waals surface area contributed by atoms with Gasteiger partial charge in [0.1, 0.15) is 12.0 Å². The zero-order valence-corrected chi connectivity index (χ0v) is 12.0. The monoisotopic (exact) mass is 300 g/mol. The number of fused-ring (bicyclic) bond motifs is 1. The number of rotatable bonds is 4. The normalized spacial score (nSPS) is 13.1. The summed E-state index contributed by atoms with van der Waals surface area (Å²) in [6.07, 6.45) is 0.889. The number of aldehydes is 1. The second-order valence-corrected chi connectivity index (χ2v) is 5.16. The van der Waals surface area contributed by atoms with Crippen LogP contribution in [0.5, 0.6) is 11.5 Å². The van der Waals surface area contributed by atoms with Crippen LogP contribution in [0.4, 0.5) is 4.39 Å². The van der Waals surface area contributed by atoms with Crippen LogP contribution < -0.4 is 10.2 Å². The molecule has 0 atom stereocenters. The van der Waals surface area contributed by atoms with Gasteiger partial charge in [-0.25, -0.2) is 4.39 Å². The number of carbonyl (C=O) groups excluding carboxylic acids is 1. The second-order valence-electron chi connectivity index (χ2n) is 5.16. The molecule has 3 rings (SSSR count). The number of benzene rings is 2. The molecule has 1 aliphatic rings. The summed E-state index contributed by atoms with van der Waals surface area (Å²) < 4.78 is 24.8. The van der Waals surface area contributed by atoms with Gasteiger partial charge in [0.25, 0.3) is 0 Å². The number of halogens is 1. The summed E-state index contributed by atoms with van der Waals surface area (Å²) in [5, 5.41) is 9.82. The fraction of sp³-hybridized carbons (Fsp3) is 0.188. The molecule has 0 saturated heterocycles. The van der Waals surface area contributed by atoms with Crippen LogP contribution in [0.2, 0.25) is 0 Å². The summed E-state index contributed by atoms with van der Waals surface area (Å²) in [7, 11) is -0.974. The van der Waals surface area contributed by atoms with Crippen LogP contribution in [0.15, 0.2) is 30.3 Å². The Bertz CT molecular complexity index is 732. The van der Waals surface area contributed by atoms with Gasteiger partial charge in [-0.05, 0) is 47.3 Å². The highest BCUT2D eigenvalue weighted by Crippen LogP contribution is 2.29. The lowest BCUT2D eigenvalue weighted by atomic mass is 9.76. The minimum absolute atomic E-state index is 0.0751. The SMILES string of the molecule is Cc1c(Oc2ccc(CC=O)cc2F)ccc2c1B(O)OC2. The van der Waals surface area contributed by atoms with E-state index in [0.29, 0.717) is 23.4 Å². The van der Waals surface area contributed by atoms with Crippen molar-refractivity contribution in [1.29, 1.82) is 0 Å². The predicted octanol–water partition coefficient (Wildman–Crippen LogP) is 1.89. The minimum atomic E-state index is -0.974. The maximum Gasteiger partial charge on any atom is 0.492 e. The standard InChI is InChI=1S/C16H14BFO4/c1-10-14(5-3-12-9-21-17(20)16(10)12)22-15-4-2-11(6-7-19)8-13(15)18/h2-5,7-8,20H,6,9H2,1H3. The third-order valence-corrected chi connectivity index (χ3v) is 3.73. The quantitative estimate of drug-likeness (QED) is 0.692. The lowest BCUT2D eigenvalue weighted by Crippen LogP contribution is -2.30. The zero-order chi connectivity index (χ0) is 15.7. The Hall–Kier alpha value is -2.18. The molecule has 1 aliphatic heterocycles. The topological polar surface area (TPSA) is 55.8 Å². The van der Waals surface area contributed by atoms with Gasteiger partial charge in [0.05, 0.1) is 6.61 Å². The number of hydrogen-bond acceptors (Lipinski definition) is 4. The summed E-state index contributed by atoms with van der Waals surface area (Å²) in [6, 6.07) is 7.95. The Morgan fingerprint density at radius 3 is 2.86 bits per heavy atom. The highest BCUT2D eigenvalue weighted by molar-refractivity contribution is 6.62. The highest BCUT2D eigenvalue weighted by atomic mass is 19.1. The maximum absolute atomic E-state index is 14.0.